The largest absolute Gasteiger partial charge is 0.416 e. The maximum absolute atomic E-state index is 14.9. The third-order valence-corrected chi connectivity index (χ3v) is 17.4. The number of aromatic nitrogens is 4. The van der Waals surface area contributed by atoms with E-state index in [-0.39, 0.29) is 53.8 Å². The van der Waals surface area contributed by atoms with Gasteiger partial charge in [-0.3, -0.25) is 19.2 Å². The number of hydrogen-bond acceptors (Lipinski definition) is 10. The minimum absolute atomic E-state index is 0.00479. The molecule has 6 aromatic carbocycles. The van der Waals surface area contributed by atoms with Crippen LogP contribution in [0.2, 0.25) is 0 Å². The van der Waals surface area contributed by atoms with Gasteiger partial charge in [0.05, 0.1) is 31.7 Å². The Morgan fingerprint density at radius 2 is 1.04 bits per heavy atom. The van der Waals surface area contributed by atoms with E-state index in [4.69, 9.17) is 23.3 Å². The number of hydrogen-bond donors (Lipinski definition) is 0. The van der Waals surface area contributed by atoms with Crippen LogP contribution in [-0.2, 0) is 85.1 Å². The number of carbonyl (C=O) groups excluding carboxylic acids is 2. The lowest BCUT2D eigenvalue weighted by molar-refractivity contribution is -0.138. The van der Waals surface area contributed by atoms with Gasteiger partial charge in [-0.25, -0.2) is 8.78 Å². The maximum atomic E-state index is 14.9. The summed E-state index contributed by atoms with van der Waals surface area (Å²) < 4.78 is 292. The standard InChI is InChI=1S/C37H40F4N4O2S.C36H38F4N4O2S/c1-4-43(5-2)19-20-44(22-26-9-13-28(14-10-26)29-15-18-32(25(3)21-29)37(39,40)41)34(46)23-45-33-8-6-7-31(33)35(47)42-36(45)48-24-27-11-16-30(38)17-12-27;1-3-42(4-2)20-21-43(22-25-8-12-27(13-9-25)28-14-16-29(17-15-28)36(38,39)40)33(45)23-44-32-7-5-6-31(32)34(46)41-35(44)47-24-26-10-18-30(37)19-11-26/h9-18,21H,4-8,19-20,22-24H2,1-3H3;8-19H,3-7,20-24H2,1-2H3/i6D2,7D2,8D2,9D,10D,13D,14D,15D,18D,21D,23D2;10D,11D,18D,19D,23D2. The highest BCUT2D eigenvalue weighted by molar-refractivity contribution is 7.98. The van der Waals surface area contributed by atoms with Crippen molar-refractivity contribution in [2.75, 3.05) is 52.4 Å². The second kappa shape index (κ2) is 32.7. The number of alkyl halides is 6. The van der Waals surface area contributed by atoms with Gasteiger partial charge < -0.3 is 28.7 Å². The maximum Gasteiger partial charge on any atom is 0.416 e. The number of fused-ring (bicyclic) bond motifs is 2. The Labute approximate surface area is 586 Å². The van der Waals surface area contributed by atoms with Gasteiger partial charge in [0.1, 0.15) is 24.6 Å². The Balaban J connectivity index is 0.000000269. The summed E-state index contributed by atoms with van der Waals surface area (Å²) in [6.07, 6.45) is -18.9. The lowest BCUT2D eigenvalue weighted by Gasteiger charge is -2.28. The van der Waals surface area contributed by atoms with Gasteiger partial charge in [0.15, 0.2) is 10.3 Å². The van der Waals surface area contributed by atoms with Crippen molar-refractivity contribution in [3.05, 3.63) is 233 Å². The summed E-state index contributed by atoms with van der Waals surface area (Å²) in [5.41, 5.74) is -7.05. The molecule has 10 rings (SSSR count). The Bertz CT molecular complexity index is 5130. The molecule has 0 aliphatic heterocycles. The van der Waals surface area contributed by atoms with Crippen LogP contribution in [0.5, 0.6) is 0 Å². The number of halogens is 8. The fourth-order valence-corrected chi connectivity index (χ4v) is 11.8. The molecule has 95 heavy (non-hydrogen) atoms. The Morgan fingerprint density at radius 1 is 0.547 bits per heavy atom. The van der Waals surface area contributed by atoms with Crippen molar-refractivity contribution in [3.63, 3.8) is 0 Å². The third kappa shape index (κ3) is 19.0. The van der Waals surface area contributed by atoms with Crippen molar-refractivity contribution in [1.29, 1.82) is 0 Å². The number of amides is 2. The van der Waals surface area contributed by atoms with Crippen molar-refractivity contribution < 1.29 is 73.5 Å². The molecule has 0 atom stereocenters. The van der Waals surface area contributed by atoms with Crippen molar-refractivity contribution >= 4 is 35.3 Å². The van der Waals surface area contributed by atoms with E-state index in [1.54, 1.807) is 43.0 Å². The molecule has 0 radical (unpaired) electrons. The van der Waals surface area contributed by atoms with Gasteiger partial charge >= 0.3 is 12.4 Å². The predicted octanol–water partition coefficient (Wildman–Crippen LogP) is 14.7. The van der Waals surface area contributed by atoms with Crippen LogP contribution in [0.25, 0.3) is 22.3 Å². The zero-order valence-electron chi connectivity index (χ0n) is 73.1. The molecule has 2 aromatic heterocycles. The average Bonchev–Trinajstić information content (AvgIpc) is 1.51. The molecule has 2 heterocycles. The van der Waals surface area contributed by atoms with E-state index in [1.165, 1.54) is 29.2 Å². The Kier molecular flexibility index (Phi) is 16.5. The number of thioether (sulfide) groups is 2. The van der Waals surface area contributed by atoms with Crippen LogP contribution in [0.1, 0.15) is 131 Å². The van der Waals surface area contributed by atoms with E-state index in [0.29, 0.717) is 89.8 Å². The van der Waals surface area contributed by atoms with Crippen LogP contribution in [0.15, 0.2) is 159 Å². The third-order valence-electron chi connectivity index (χ3n) is 15.4. The minimum Gasteiger partial charge on any atom is -0.336 e. The molecule has 8 aromatic rings. The fraction of sp³-hybridized carbons (Fsp3) is 0.370. The van der Waals surface area contributed by atoms with E-state index >= 15 is 0 Å². The quantitative estimate of drug-likeness (QED) is 0.0295. The number of likely N-dealkylation sites (N-methyl/N-ethyl adjacent to an activating group) is 2. The second-order valence-electron chi connectivity index (χ2n) is 21.5. The molecule has 12 nitrogen and oxygen atoms in total. The number of benzene rings is 6. The van der Waals surface area contributed by atoms with E-state index in [0.717, 1.165) is 52.4 Å². The van der Waals surface area contributed by atoms with Crippen molar-refractivity contribution in [3.8, 4) is 22.3 Å². The van der Waals surface area contributed by atoms with Crippen LogP contribution < -0.4 is 11.1 Å². The highest BCUT2D eigenvalue weighted by Gasteiger charge is 2.33. The van der Waals surface area contributed by atoms with Crippen LogP contribution in [0.4, 0.5) is 35.1 Å². The first kappa shape index (κ1) is 47.9. The average molecular weight is 1370 g/mol. The first-order chi connectivity index (χ1) is 53.9. The van der Waals surface area contributed by atoms with Gasteiger partial charge in [-0.15, -0.1) is 0 Å². The van der Waals surface area contributed by atoms with Gasteiger partial charge in [0.25, 0.3) is 11.1 Å². The first-order valence-electron chi connectivity index (χ1n) is 40.6. The minimum atomic E-state index is -5.15. The summed E-state index contributed by atoms with van der Waals surface area (Å²) in [6, 6.07) is 6.29. The molecule has 0 saturated heterocycles. The molecule has 502 valence electrons. The number of nitrogens with zero attached hydrogens (tertiary/aromatic N) is 8. The van der Waals surface area contributed by atoms with E-state index in [2.05, 4.69) is 14.9 Å². The van der Waals surface area contributed by atoms with Crippen LogP contribution in [-0.4, -0.2) is 103 Å². The van der Waals surface area contributed by atoms with E-state index < -0.39 is 208 Å². The summed E-state index contributed by atoms with van der Waals surface area (Å²) in [7, 11) is 0. The van der Waals surface area contributed by atoms with Crippen molar-refractivity contribution in [2.45, 2.75) is 133 Å². The van der Waals surface area contributed by atoms with Gasteiger partial charge in [-0.05, 0) is 164 Å². The van der Waals surface area contributed by atoms with Crippen molar-refractivity contribution in [1.82, 2.24) is 38.7 Å². The summed E-state index contributed by atoms with van der Waals surface area (Å²) in [5.74, 6) is -4.90. The number of rotatable bonds is 26. The molecule has 2 aliphatic carbocycles. The summed E-state index contributed by atoms with van der Waals surface area (Å²) in [4.78, 5) is 69.9. The van der Waals surface area contributed by atoms with E-state index in [9.17, 15) is 59.8 Å². The van der Waals surface area contributed by atoms with Gasteiger partial charge in [-0.1, -0.05) is 148 Å². The zero-order valence-corrected chi connectivity index (χ0v) is 53.7. The molecular weight excluding hydrogens is 1270 g/mol. The van der Waals surface area contributed by atoms with Gasteiger partial charge in [-0.2, -0.15) is 36.3 Å². The molecule has 0 N–H and O–H groups in total. The van der Waals surface area contributed by atoms with Gasteiger partial charge in [0, 0.05) is 81.5 Å². The van der Waals surface area contributed by atoms with Crippen LogP contribution in [0, 0.1) is 18.6 Å². The lowest BCUT2D eigenvalue weighted by atomic mass is 9.98. The topological polar surface area (TPSA) is 117 Å². The van der Waals surface area contributed by atoms with Crippen LogP contribution >= 0.6 is 23.5 Å². The highest BCUT2D eigenvalue weighted by Crippen LogP contribution is 2.36. The Hall–Kier alpha value is -7.92. The molecular formula is C73H78F8N8O4S2. The normalized spacial score (nSPS) is 17.9. The summed E-state index contributed by atoms with van der Waals surface area (Å²) >= 11 is 1.33. The van der Waals surface area contributed by atoms with Crippen molar-refractivity contribution in [2.24, 2.45) is 0 Å². The fourth-order valence-electron chi connectivity index (χ4n) is 10.0. The molecule has 0 spiro atoms. The smallest absolute Gasteiger partial charge is 0.336 e. The second-order valence-corrected chi connectivity index (χ2v) is 23.4. The SMILES string of the molecule is [2H]c1c([2H])c(-c2c([2H])c([2H])c(C(F)(F)F)c(C)c2[2H])c([2H])c([2H])c1CN(CCN(CC)CC)C(=O)C([2H])([2H])n1c(SCc2ccc(F)cc2)nc(=O)c2c1C([2H])([2H])C([2H])([2H])C2([2H])[2H].[2H]c1c([2H])c(CSc2nc(=O)c3c(n2C([2H])([2H])C(=O)N(CCN(CC)CC)Cc2ccc(-c4ccc(C(F)(F)F)cc4)cc2)CCC3)c([2H])c([2H])c1F. The summed E-state index contributed by atoms with van der Waals surface area (Å²) in [6.45, 7) is 3.34. The highest BCUT2D eigenvalue weighted by atomic mass is 32.2. The molecule has 0 saturated carbocycles. The monoisotopic (exact) mass is 1370 g/mol. The zero-order chi connectivity index (χ0) is 86.5. The lowest BCUT2D eigenvalue weighted by Crippen LogP contribution is -2.40. The number of carbonyl (C=O) groups is 2. The molecule has 0 bridgehead atoms. The Morgan fingerprint density at radius 3 is 1.59 bits per heavy atom. The molecule has 22 heteroatoms. The van der Waals surface area contributed by atoms with Crippen LogP contribution in [0.3, 0.4) is 0 Å². The van der Waals surface area contributed by atoms with Gasteiger partial charge in [0.2, 0.25) is 11.8 Å². The predicted molar refractivity (Wildman–Crippen MR) is 358 cm³/mol. The first-order valence-corrected chi connectivity index (χ1v) is 32.0. The summed E-state index contributed by atoms with van der Waals surface area (Å²) in [5, 5.41) is -0.895. The molecule has 2 amide bonds. The molecule has 0 unspecified atom stereocenters. The molecule has 2 aliphatic rings. The molecule has 0 fully saturated rings. The van der Waals surface area contributed by atoms with E-state index in [1.807, 2.05) is 13.8 Å².